The molecule has 0 unspecified atom stereocenters. The number of aliphatic hydroxyl groups excluding tert-OH is 1. The molecule has 0 fully saturated rings. The third kappa shape index (κ3) is 4.18. The lowest BCUT2D eigenvalue weighted by Gasteiger charge is -2.14. The van der Waals surface area contributed by atoms with Crippen LogP contribution in [0.15, 0.2) is 41.6 Å². The Morgan fingerprint density at radius 1 is 1.25 bits per heavy atom. The highest BCUT2D eigenvalue weighted by Gasteiger charge is 2.19. The predicted molar refractivity (Wildman–Crippen MR) is 100 cm³/mol. The molecule has 0 amide bonds. The molecule has 0 saturated heterocycles. The molecule has 0 saturated carbocycles. The van der Waals surface area contributed by atoms with Gasteiger partial charge in [-0.15, -0.1) is 11.8 Å². The summed E-state index contributed by atoms with van der Waals surface area (Å²) in [6.07, 6.45) is 6.75. The molecule has 0 aliphatic heterocycles. The van der Waals surface area contributed by atoms with E-state index in [1.165, 1.54) is 16.0 Å². The highest BCUT2D eigenvalue weighted by atomic mass is 35.5. The summed E-state index contributed by atoms with van der Waals surface area (Å²) in [7, 11) is 0. The van der Waals surface area contributed by atoms with Gasteiger partial charge >= 0.3 is 0 Å². The van der Waals surface area contributed by atoms with Crippen molar-refractivity contribution in [2.45, 2.75) is 31.1 Å². The van der Waals surface area contributed by atoms with Crippen molar-refractivity contribution < 1.29 is 5.11 Å². The molecule has 24 heavy (non-hydrogen) atoms. The lowest BCUT2D eigenvalue weighted by atomic mass is 10.0. The van der Waals surface area contributed by atoms with Crippen LogP contribution in [0.3, 0.4) is 0 Å². The van der Waals surface area contributed by atoms with E-state index >= 15 is 0 Å². The molecule has 3 rings (SSSR count). The van der Waals surface area contributed by atoms with Crippen molar-refractivity contribution >= 4 is 28.9 Å². The molecule has 1 atom stereocenters. The van der Waals surface area contributed by atoms with E-state index in [2.05, 4.69) is 16.0 Å². The summed E-state index contributed by atoms with van der Waals surface area (Å²) in [6.45, 7) is 2.25. The van der Waals surface area contributed by atoms with E-state index in [1.807, 2.05) is 31.2 Å². The minimum atomic E-state index is 0.212. The van der Waals surface area contributed by atoms with E-state index in [4.69, 9.17) is 11.6 Å². The standard InChI is InChI=1S/C19H21ClN2OS/c1-13-18-9-4-15(19(18)22-12-21-13)3-2-14(10-23)11-24-17-7-5-16(20)6-8-17/h4-8,12,14,23H,2-3,9-11H2,1H3/t14-/m1/s1. The average Bonchev–Trinajstić information content (AvgIpc) is 3.01. The zero-order chi connectivity index (χ0) is 16.9. The molecule has 5 heteroatoms. The summed E-state index contributed by atoms with van der Waals surface area (Å²) in [4.78, 5) is 9.90. The molecule has 2 aromatic rings. The molecule has 1 N–H and O–H groups in total. The Kier molecular flexibility index (Phi) is 5.93. The first-order valence-electron chi connectivity index (χ1n) is 8.16. The smallest absolute Gasteiger partial charge is 0.116 e. The van der Waals surface area contributed by atoms with Gasteiger partial charge in [0.2, 0.25) is 0 Å². The summed E-state index contributed by atoms with van der Waals surface area (Å²) < 4.78 is 0. The molecular formula is C19H21ClN2OS. The van der Waals surface area contributed by atoms with Gasteiger partial charge in [-0.25, -0.2) is 9.97 Å². The van der Waals surface area contributed by atoms with Crippen LogP contribution in [0.1, 0.15) is 29.8 Å². The Bertz CT molecular complexity index is 731. The second kappa shape index (κ2) is 8.15. The Labute approximate surface area is 152 Å². The van der Waals surface area contributed by atoms with Gasteiger partial charge in [-0.2, -0.15) is 0 Å². The number of fused-ring (bicyclic) bond motifs is 1. The lowest BCUT2D eigenvalue weighted by Crippen LogP contribution is -2.09. The van der Waals surface area contributed by atoms with Crippen LogP contribution in [0, 0.1) is 12.8 Å². The van der Waals surface area contributed by atoms with Gasteiger partial charge in [0.1, 0.15) is 6.33 Å². The highest BCUT2D eigenvalue weighted by molar-refractivity contribution is 7.99. The van der Waals surface area contributed by atoms with Crippen LogP contribution in [0.4, 0.5) is 0 Å². The first-order valence-corrected chi connectivity index (χ1v) is 9.53. The Hall–Kier alpha value is -1.36. The Morgan fingerprint density at radius 2 is 2.04 bits per heavy atom. The number of aliphatic hydroxyl groups is 1. The highest BCUT2D eigenvalue weighted by Crippen LogP contribution is 2.32. The van der Waals surface area contributed by atoms with E-state index in [9.17, 15) is 5.11 Å². The number of rotatable bonds is 7. The fourth-order valence-corrected chi connectivity index (χ4v) is 4.05. The van der Waals surface area contributed by atoms with Gasteiger partial charge in [0.05, 0.1) is 5.69 Å². The van der Waals surface area contributed by atoms with Gasteiger partial charge in [-0.3, -0.25) is 0 Å². The fraction of sp³-hybridized carbons (Fsp3) is 0.368. The number of allylic oxidation sites excluding steroid dienone is 2. The maximum absolute atomic E-state index is 9.68. The van der Waals surface area contributed by atoms with Crippen molar-refractivity contribution in [1.29, 1.82) is 0 Å². The third-order valence-electron chi connectivity index (χ3n) is 4.40. The molecule has 1 aromatic carbocycles. The maximum atomic E-state index is 9.68. The summed E-state index contributed by atoms with van der Waals surface area (Å²) in [6, 6.07) is 7.86. The minimum absolute atomic E-state index is 0.212. The number of aromatic nitrogens is 2. The number of nitrogens with zero attached hydrogens (tertiary/aromatic N) is 2. The quantitative estimate of drug-likeness (QED) is 0.735. The molecule has 1 aliphatic carbocycles. The average molecular weight is 361 g/mol. The van der Waals surface area contributed by atoms with Gasteiger partial charge < -0.3 is 5.11 Å². The lowest BCUT2D eigenvalue weighted by molar-refractivity contribution is 0.234. The second-order valence-electron chi connectivity index (χ2n) is 6.07. The first-order chi connectivity index (χ1) is 11.7. The second-order valence-corrected chi connectivity index (χ2v) is 7.60. The number of hydrogen-bond donors (Lipinski definition) is 1. The molecule has 0 bridgehead atoms. The van der Waals surface area contributed by atoms with Crippen molar-refractivity contribution in [2.75, 3.05) is 12.4 Å². The monoisotopic (exact) mass is 360 g/mol. The summed E-state index contributed by atoms with van der Waals surface area (Å²) in [5, 5.41) is 10.4. The van der Waals surface area contributed by atoms with Gasteiger partial charge in [0.25, 0.3) is 0 Å². The van der Waals surface area contributed by atoms with E-state index in [0.717, 1.165) is 41.4 Å². The van der Waals surface area contributed by atoms with Gasteiger partial charge in [-0.1, -0.05) is 17.7 Å². The van der Waals surface area contributed by atoms with Gasteiger partial charge in [0, 0.05) is 33.5 Å². The summed E-state index contributed by atoms with van der Waals surface area (Å²) in [5.74, 6) is 1.18. The van der Waals surface area contributed by atoms with Crippen LogP contribution >= 0.6 is 23.4 Å². The molecule has 1 aromatic heterocycles. The number of hydrogen-bond acceptors (Lipinski definition) is 4. The topological polar surface area (TPSA) is 46.0 Å². The molecule has 3 nitrogen and oxygen atoms in total. The Balaban J connectivity index is 1.54. The predicted octanol–water partition coefficient (Wildman–Crippen LogP) is 4.56. The van der Waals surface area contributed by atoms with E-state index in [-0.39, 0.29) is 12.5 Å². The minimum Gasteiger partial charge on any atom is -0.396 e. The SMILES string of the molecule is Cc1ncnc2c1CC=C2CC[C@H](CO)CSc1ccc(Cl)cc1. The normalized spacial score (nSPS) is 14.4. The van der Waals surface area contributed by atoms with Crippen LogP contribution in [0.25, 0.3) is 5.57 Å². The molecular weight excluding hydrogens is 340 g/mol. The van der Waals surface area contributed by atoms with Crippen molar-refractivity contribution in [3.8, 4) is 0 Å². The molecule has 0 spiro atoms. The summed E-state index contributed by atoms with van der Waals surface area (Å²) in [5.41, 5.74) is 4.72. The zero-order valence-corrected chi connectivity index (χ0v) is 15.3. The molecule has 126 valence electrons. The molecule has 1 heterocycles. The summed E-state index contributed by atoms with van der Waals surface area (Å²) >= 11 is 7.68. The number of benzene rings is 1. The van der Waals surface area contributed by atoms with Crippen molar-refractivity contribution in [2.24, 2.45) is 5.92 Å². The van der Waals surface area contributed by atoms with Crippen LogP contribution in [-0.4, -0.2) is 27.4 Å². The number of thioether (sulfide) groups is 1. The van der Waals surface area contributed by atoms with E-state index in [0.29, 0.717) is 0 Å². The van der Waals surface area contributed by atoms with Gasteiger partial charge in [0.15, 0.2) is 0 Å². The van der Waals surface area contributed by atoms with Crippen molar-refractivity contribution in [3.63, 3.8) is 0 Å². The van der Waals surface area contributed by atoms with Crippen LogP contribution in [-0.2, 0) is 6.42 Å². The fourth-order valence-electron chi connectivity index (χ4n) is 2.90. The third-order valence-corrected chi connectivity index (χ3v) is 5.89. The van der Waals surface area contributed by atoms with Gasteiger partial charge in [-0.05, 0) is 61.9 Å². The van der Waals surface area contributed by atoms with Crippen LogP contribution in [0.2, 0.25) is 5.02 Å². The van der Waals surface area contributed by atoms with Crippen molar-refractivity contribution in [1.82, 2.24) is 9.97 Å². The first kappa shape index (κ1) is 17.5. The van der Waals surface area contributed by atoms with E-state index < -0.39 is 0 Å². The van der Waals surface area contributed by atoms with Crippen molar-refractivity contribution in [3.05, 3.63) is 58.6 Å². The zero-order valence-electron chi connectivity index (χ0n) is 13.7. The van der Waals surface area contributed by atoms with Crippen LogP contribution in [0.5, 0.6) is 0 Å². The molecule has 0 radical (unpaired) electrons. The molecule has 1 aliphatic rings. The number of halogens is 1. The van der Waals surface area contributed by atoms with E-state index in [1.54, 1.807) is 18.1 Å². The Morgan fingerprint density at radius 3 is 2.79 bits per heavy atom. The maximum Gasteiger partial charge on any atom is 0.116 e. The van der Waals surface area contributed by atoms with Crippen LogP contribution < -0.4 is 0 Å². The number of aryl methyl sites for hydroxylation is 1. The largest absolute Gasteiger partial charge is 0.396 e.